The molecular weight excluding hydrogens is 151 g/mol. The molecule has 64 valence electrons. The van der Waals surface area contributed by atoms with Crippen LogP contribution in [0.25, 0.3) is 0 Å². The van der Waals surface area contributed by atoms with Crippen LogP contribution in [0, 0.1) is 11.7 Å². The van der Waals surface area contributed by atoms with Gasteiger partial charge < -0.3 is 0 Å². The van der Waals surface area contributed by atoms with Crippen molar-refractivity contribution in [2.45, 2.75) is 25.7 Å². The molecule has 1 aromatic carbocycles. The van der Waals surface area contributed by atoms with Gasteiger partial charge in [0.2, 0.25) is 0 Å². The lowest BCUT2D eigenvalue weighted by atomic mass is 9.96. The topological polar surface area (TPSA) is 0 Å². The van der Waals surface area contributed by atoms with Crippen LogP contribution in [0.1, 0.15) is 31.2 Å². The fourth-order valence-corrected chi connectivity index (χ4v) is 1.63. The zero-order chi connectivity index (χ0) is 8.55. The van der Waals surface area contributed by atoms with Crippen LogP contribution < -0.4 is 0 Å². The van der Waals surface area contributed by atoms with Gasteiger partial charge in [0.1, 0.15) is 5.82 Å². The SMILES string of the molecule is CC(c1ccc(F)cc1)C1CC1. The van der Waals surface area contributed by atoms with Crippen molar-refractivity contribution in [2.75, 3.05) is 0 Å². The van der Waals surface area contributed by atoms with Gasteiger partial charge in [-0.15, -0.1) is 0 Å². The Morgan fingerprint density at radius 2 is 1.83 bits per heavy atom. The smallest absolute Gasteiger partial charge is 0.123 e. The first-order valence-corrected chi connectivity index (χ1v) is 4.53. The highest BCUT2D eigenvalue weighted by molar-refractivity contribution is 5.21. The van der Waals surface area contributed by atoms with E-state index in [2.05, 4.69) is 6.92 Å². The van der Waals surface area contributed by atoms with E-state index >= 15 is 0 Å². The van der Waals surface area contributed by atoms with Crippen LogP contribution in [0.2, 0.25) is 0 Å². The van der Waals surface area contributed by atoms with Gasteiger partial charge in [0, 0.05) is 0 Å². The summed E-state index contributed by atoms with van der Waals surface area (Å²) in [5.41, 5.74) is 1.28. The van der Waals surface area contributed by atoms with Gasteiger partial charge in [0.25, 0.3) is 0 Å². The fourth-order valence-electron chi connectivity index (χ4n) is 1.63. The molecule has 0 N–H and O–H groups in total. The maximum absolute atomic E-state index is 12.6. The quantitative estimate of drug-likeness (QED) is 0.629. The summed E-state index contributed by atoms with van der Waals surface area (Å²) in [6, 6.07) is 6.90. The number of rotatable bonds is 2. The van der Waals surface area contributed by atoms with Gasteiger partial charge >= 0.3 is 0 Å². The Balaban J connectivity index is 2.16. The minimum Gasteiger partial charge on any atom is -0.207 e. The summed E-state index contributed by atoms with van der Waals surface area (Å²) in [5.74, 6) is 1.34. The second-order valence-electron chi connectivity index (χ2n) is 3.68. The van der Waals surface area contributed by atoms with Gasteiger partial charge in [-0.2, -0.15) is 0 Å². The van der Waals surface area contributed by atoms with Crippen molar-refractivity contribution in [3.63, 3.8) is 0 Å². The third-order valence-electron chi connectivity index (χ3n) is 2.72. The van der Waals surface area contributed by atoms with Crippen LogP contribution in [0.5, 0.6) is 0 Å². The third-order valence-corrected chi connectivity index (χ3v) is 2.72. The monoisotopic (exact) mass is 164 g/mol. The van der Waals surface area contributed by atoms with Crippen molar-refractivity contribution >= 4 is 0 Å². The van der Waals surface area contributed by atoms with E-state index < -0.39 is 0 Å². The van der Waals surface area contributed by atoms with Gasteiger partial charge in [-0.1, -0.05) is 19.1 Å². The highest BCUT2D eigenvalue weighted by atomic mass is 19.1. The summed E-state index contributed by atoms with van der Waals surface area (Å²) in [7, 11) is 0. The fraction of sp³-hybridized carbons (Fsp3) is 0.455. The molecule has 0 radical (unpaired) electrons. The molecular formula is C11H13F. The Hall–Kier alpha value is -0.850. The minimum absolute atomic E-state index is 0.137. The highest BCUT2D eigenvalue weighted by Gasteiger charge is 2.28. The number of benzene rings is 1. The predicted molar refractivity (Wildman–Crippen MR) is 47.5 cm³/mol. The van der Waals surface area contributed by atoms with Crippen LogP contribution in [0.4, 0.5) is 4.39 Å². The van der Waals surface area contributed by atoms with Crippen LogP contribution in [0.15, 0.2) is 24.3 Å². The van der Waals surface area contributed by atoms with Gasteiger partial charge in [0.15, 0.2) is 0 Å². The maximum atomic E-state index is 12.6. The normalized spacial score (nSPS) is 19.2. The number of halogens is 1. The van der Waals surface area contributed by atoms with E-state index in [1.54, 1.807) is 12.1 Å². The second-order valence-corrected chi connectivity index (χ2v) is 3.68. The maximum Gasteiger partial charge on any atom is 0.123 e. The molecule has 2 rings (SSSR count). The van der Waals surface area contributed by atoms with Gasteiger partial charge in [0.05, 0.1) is 0 Å². The second kappa shape index (κ2) is 2.89. The predicted octanol–water partition coefficient (Wildman–Crippen LogP) is 3.34. The van der Waals surface area contributed by atoms with Crippen molar-refractivity contribution in [3.05, 3.63) is 35.6 Å². The van der Waals surface area contributed by atoms with Crippen molar-refractivity contribution in [1.82, 2.24) is 0 Å². The van der Waals surface area contributed by atoms with E-state index in [9.17, 15) is 4.39 Å². The van der Waals surface area contributed by atoms with Crippen molar-refractivity contribution in [1.29, 1.82) is 0 Å². The first-order chi connectivity index (χ1) is 5.77. The van der Waals surface area contributed by atoms with Crippen molar-refractivity contribution in [3.8, 4) is 0 Å². The Kier molecular flexibility index (Phi) is 1.87. The third kappa shape index (κ3) is 1.50. The molecule has 1 heteroatoms. The molecule has 0 aliphatic heterocycles. The molecule has 0 spiro atoms. The van der Waals surface area contributed by atoms with E-state index in [-0.39, 0.29) is 5.82 Å². The molecule has 0 nitrogen and oxygen atoms in total. The Morgan fingerprint density at radius 3 is 2.33 bits per heavy atom. The van der Waals surface area contributed by atoms with E-state index in [0.29, 0.717) is 5.92 Å². The average Bonchev–Trinajstić information content (AvgIpc) is 2.87. The standard InChI is InChI=1S/C11H13F/c1-8(9-2-3-9)10-4-6-11(12)7-5-10/h4-9H,2-3H2,1H3. The molecule has 0 heterocycles. The van der Waals surface area contributed by atoms with E-state index in [1.807, 2.05) is 12.1 Å². The van der Waals surface area contributed by atoms with Crippen molar-refractivity contribution < 1.29 is 4.39 Å². The Bertz CT molecular complexity index is 259. The Labute approximate surface area is 72.4 Å². The molecule has 1 unspecified atom stereocenters. The first kappa shape index (κ1) is 7.78. The van der Waals surface area contributed by atoms with Gasteiger partial charge in [-0.25, -0.2) is 4.39 Å². The molecule has 1 atom stereocenters. The minimum atomic E-state index is -0.137. The highest BCUT2D eigenvalue weighted by Crippen LogP contribution is 2.42. The van der Waals surface area contributed by atoms with Crippen LogP contribution in [-0.2, 0) is 0 Å². The molecule has 0 aromatic heterocycles. The molecule has 1 aliphatic carbocycles. The lowest BCUT2D eigenvalue weighted by molar-refractivity contribution is 0.620. The average molecular weight is 164 g/mol. The van der Waals surface area contributed by atoms with Gasteiger partial charge in [-0.05, 0) is 42.4 Å². The summed E-state index contributed by atoms with van der Waals surface area (Å²) >= 11 is 0. The van der Waals surface area contributed by atoms with Gasteiger partial charge in [-0.3, -0.25) is 0 Å². The summed E-state index contributed by atoms with van der Waals surface area (Å²) in [6.45, 7) is 2.23. The summed E-state index contributed by atoms with van der Waals surface area (Å²) in [4.78, 5) is 0. The van der Waals surface area contributed by atoms with Crippen molar-refractivity contribution in [2.24, 2.45) is 5.92 Å². The van der Waals surface area contributed by atoms with Crippen LogP contribution in [0.3, 0.4) is 0 Å². The lowest BCUT2D eigenvalue weighted by Crippen LogP contribution is -1.94. The Morgan fingerprint density at radius 1 is 1.25 bits per heavy atom. The lowest BCUT2D eigenvalue weighted by Gasteiger charge is -2.09. The zero-order valence-corrected chi connectivity index (χ0v) is 7.26. The van der Waals surface area contributed by atoms with E-state index in [0.717, 1.165) is 5.92 Å². The molecule has 12 heavy (non-hydrogen) atoms. The molecule has 0 saturated heterocycles. The molecule has 1 aromatic rings. The number of hydrogen-bond acceptors (Lipinski definition) is 0. The molecule has 0 amide bonds. The summed E-state index contributed by atoms with van der Waals surface area (Å²) in [5, 5.41) is 0. The summed E-state index contributed by atoms with van der Waals surface area (Å²) in [6.07, 6.45) is 2.69. The molecule has 1 saturated carbocycles. The van der Waals surface area contributed by atoms with E-state index in [1.165, 1.54) is 18.4 Å². The van der Waals surface area contributed by atoms with Crippen LogP contribution >= 0.6 is 0 Å². The molecule has 1 fully saturated rings. The van der Waals surface area contributed by atoms with E-state index in [4.69, 9.17) is 0 Å². The molecule has 1 aliphatic rings. The zero-order valence-electron chi connectivity index (χ0n) is 7.26. The number of hydrogen-bond donors (Lipinski definition) is 0. The largest absolute Gasteiger partial charge is 0.207 e. The summed E-state index contributed by atoms with van der Waals surface area (Å²) < 4.78 is 12.6. The van der Waals surface area contributed by atoms with Crippen LogP contribution in [-0.4, -0.2) is 0 Å². The first-order valence-electron chi connectivity index (χ1n) is 4.53. The molecule has 0 bridgehead atoms.